The molecule has 1 heterocycles. The zero-order valence-electron chi connectivity index (χ0n) is 12.2. The lowest BCUT2D eigenvalue weighted by Crippen LogP contribution is -2.47. The summed E-state index contributed by atoms with van der Waals surface area (Å²) >= 11 is 0. The van der Waals surface area contributed by atoms with Gasteiger partial charge in [-0.2, -0.15) is 0 Å². The van der Waals surface area contributed by atoms with Gasteiger partial charge in [-0.3, -0.25) is 0 Å². The molecule has 1 aromatic rings. The van der Waals surface area contributed by atoms with Crippen molar-refractivity contribution in [1.82, 2.24) is 5.32 Å². The largest absolute Gasteiger partial charge is 0.383 e. The van der Waals surface area contributed by atoms with Gasteiger partial charge >= 0.3 is 0 Å². The van der Waals surface area contributed by atoms with Crippen molar-refractivity contribution in [2.24, 2.45) is 0 Å². The number of fused-ring (bicyclic) bond motifs is 1. The van der Waals surface area contributed by atoms with Gasteiger partial charge in [0.05, 0.1) is 12.6 Å². The molecule has 1 N–H and O–H groups in total. The Morgan fingerprint density at radius 3 is 3.00 bits per heavy atom. The van der Waals surface area contributed by atoms with E-state index in [0.717, 1.165) is 26.2 Å². The third-order valence-electron chi connectivity index (χ3n) is 3.75. The molecule has 3 nitrogen and oxygen atoms in total. The molecule has 1 aliphatic heterocycles. The van der Waals surface area contributed by atoms with Crippen molar-refractivity contribution in [2.75, 3.05) is 38.3 Å². The lowest BCUT2D eigenvalue weighted by atomic mass is 10.00. The fourth-order valence-electron chi connectivity index (χ4n) is 2.84. The zero-order valence-corrected chi connectivity index (χ0v) is 12.2. The number of methoxy groups -OCH3 is 1. The molecular weight excluding hydrogens is 236 g/mol. The van der Waals surface area contributed by atoms with Crippen LogP contribution in [0.15, 0.2) is 24.3 Å². The van der Waals surface area contributed by atoms with Crippen molar-refractivity contribution in [1.29, 1.82) is 0 Å². The number of ether oxygens (including phenoxy) is 1. The molecule has 0 spiro atoms. The first-order valence-electron chi connectivity index (χ1n) is 7.41. The van der Waals surface area contributed by atoms with Gasteiger partial charge in [-0.15, -0.1) is 0 Å². The molecule has 0 fully saturated rings. The second kappa shape index (κ2) is 7.51. The highest BCUT2D eigenvalue weighted by atomic mass is 16.5. The smallest absolute Gasteiger partial charge is 0.0678 e. The van der Waals surface area contributed by atoms with Gasteiger partial charge in [0.15, 0.2) is 0 Å². The Hall–Kier alpha value is -1.06. The van der Waals surface area contributed by atoms with E-state index in [1.165, 1.54) is 30.5 Å². The summed E-state index contributed by atoms with van der Waals surface area (Å²) in [6, 6.07) is 9.21. The second-order valence-electron chi connectivity index (χ2n) is 5.24. The van der Waals surface area contributed by atoms with Crippen LogP contribution < -0.4 is 10.2 Å². The molecule has 0 saturated heterocycles. The lowest BCUT2D eigenvalue weighted by molar-refractivity contribution is 0.174. The van der Waals surface area contributed by atoms with Crippen molar-refractivity contribution < 1.29 is 4.74 Å². The maximum absolute atomic E-state index is 5.42. The first-order valence-corrected chi connectivity index (χ1v) is 7.41. The Kier molecular flexibility index (Phi) is 5.67. The molecule has 0 bridgehead atoms. The summed E-state index contributed by atoms with van der Waals surface area (Å²) in [5, 5.41) is 3.53. The number of anilines is 1. The third kappa shape index (κ3) is 3.71. The molecule has 0 amide bonds. The number of rotatable bonds is 7. The van der Waals surface area contributed by atoms with Crippen LogP contribution in [-0.2, 0) is 11.2 Å². The molecule has 1 aromatic carbocycles. The molecule has 106 valence electrons. The van der Waals surface area contributed by atoms with Crippen LogP contribution in [0.5, 0.6) is 0 Å². The first kappa shape index (κ1) is 14.4. The van der Waals surface area contributed by atoms with Crippen molar-refractivity contribution in [2.45, 2.75) is 32.2 Å². The fraction of sp³-hybridized carbons (Fsp3) is 0.625. The van der Waals surface area contributed by atoms with Gasteiger partial charge < -0.3 is 15.0 Å². The normalized spacial score (nSPS) is 16.2. The van der Waals surface area contributed by atoms with Crippen molar-refractivity contribution >= 4 is 5.69 Å². The average Bonchev–Trinajstić information content (AvgIpc) is 2.46. The number of aryl methyl sites for hydroxylation is 1. The highest BCUT2D eigenvalue weighted by Gasteiger charge is 2.23. The maximum atomic E-state index is 5.42. The number of hydrogen-bond donors (Lipinski definition) is 1. The summed E-state index contributed by atoms with van der Waals surface area (Å²) in [6.45, 7) is 6.20. The molecule has 0 aliphatic carbocycles. The van der Waals surface area contributed by atoms with E-state index in [4.69, 9.17) is 4.74 Å². The minimum atomic E-state index is 0.429. The van der Waals surface area contributed by atoms with Crippen LogP contribution in [0, 0.1) is 0 Å². The molecule has 1 aliphatic rings. The van der Waals surface area contributed by atoms with E-state index in [9.17, 15) is 0 Å². The fourth-order valence-corrected chi connectivity index (χ4v) is 2.84. The van der Waals surface area contributed by atoms with Gasteiger partial charge in [-0.1, -0.05) is 25.1 Å². The molecule has 19 heavy (non-hydrogen) atoms. The minimum absolute atomic E-state index is 0.429. The lowest BCUT2D eigenvalue weighted by Gasteiger charge is -2.38. The Morgan fingerprint density at radius 1 is 1.37 bits per heavy atom. The van der Waals surface area contributed by atoms with Crippen LogP contribution in [0.4, 0.5) is 5.69 Å². The Morgan fingerprint density at radius 2 is 2.21 bits per heavy atom. The Balaban J connectivity index is 2.08. The van der Waals surface area contributed by atoms with E-state index in [-0.39, 0.29) is 0 Å². The predicted molar refractivity (Wildman–Crippen MR) is 80.9 cm³/mol. The third-order valence-corrected chi connectivity index (χ3v) is 3.75. The summed E-state index contributed by atoms with van der Waals surface area (Å²) in [4.78, 5) is 2.52. The van der Waals surface area contributed by atoms with Crippen LogP contribution in [-0.4, -0.2) is 39.4 Å². The maximum Gasteiger partial charge on any atom is 0.0678 e. The zero-order chi connectivity index (χ0) is 13.5. The monoisotopic (exact) mass is 262 g/mol. The second-order valence-corrected chi connectivity index (χ2v) is 5.24. The van der Waals surface area contributed by atoms with Crippen LogP contribution in [0.2, 0.25) is 0 Å². The van der Waals surface area contributed by atoms with Gasteiger partial charge in [0.25, 0.3) is 0 Å². The van der Waals surface area contributed by atoms with Crippen LogP contribution >= 0.6 is 0 Å². The highest BCUT2D eigenvalue weighted by Crippen LogP contribution is 2.28. The number of benzene rings is 1. The van der Waals surface area contributed by atoms with E-state index < -0.39 is 0 Å². The molecule has 2 rings (SSSR count). The predicted octanol–water partition coefficient (Wildman–Crippen LogP) is 2.45. The summed E-state index contributed by atoms with van der Waals surface area (Å²) in [5.74, 6) is 0. The number of nitrogens with zero attached hydrogens (tertiary/aromatic N) is 1. The SMILES string of the molecule is CCCNCC(COC)N1CCCc2ccccc21. The first-order chi connectivity index (χ1) is 9.36. The number of hydrogen-bond acceptors (Lipinski definition) is 3. The van der Waals surface area contributed by atoms with Gasteiger partial charge in [-0.05, 0) is 37.4 Å². The Bertz CT molecular complexity index is 381. The molecule has 0 saturated carbocycles. The van der Waals surface area contributed by atoms with Crippen LogP contribution in [0.1, 0.15) is 25.3 Å². The quantitative estimate of drug-likeness (QED) is 0.764. The highest BCUT2D eigenvalue weighted by molar-refractivity contribution is 5.56. The summed E-state index contributed by atoms with van der Waals surface area (Å²) in [6.07, 6.45) is 3.62. The molecule has 0 aromatic heterocycles. The average molecular weight is 262 g/mol. The van der Waals surface area contributed by atoms with Crippen molar-refractivity contribution in [3.8, 4) is 0 Å². The van der Waals surface area contributed by atoms with Gasteiger partial charge in [-0.25, -0.2) is 0 Å². The molecule has 1 atom stereocenters. The van der Waals surface area contributed by atoms with Gasteiger partial charge in [0.1, 0.15) is 0 Å². The number of para-hydroxylation sites is 1. The van der Waals surface area contributed by atoms with E-state index >= 15 is 0 Å². The van der Waals surface area contributed by atoms with Gasteiger partial charge in [0, 0.05) is 25.9 Å². The summed E-state index contributed by atoms with van der Waals surface area (Å²) < 4.78 is 5.42. The molecular formula is C16H26N2O. The Labute approximate surface area is 116 Å². The molecule has 3 heteroatoms. The van der Waals surface area contributed by atoms with E-state index in [1.807, 2.05) is 0 Å². The minimum Gasteiger partial charge on any atom is -0.383 e. The molecule has 0 radical (unpaired) electrons. The summed E-state index contributed by atoms with van der Waals surface area (Å²) in [5.41, 5.74) is 2.87. The standard InChI is InChI=1S/C16H26N2O/c1-3-10-17-12-15(13-19-2)18-11-6-8-14-7-4-5-9-16(14)18/h4-5,7,9,15,17H,3,6,8,10-13H2,1-2H3. The van der Waals surface area contributed by atoms with Crippen molar-refractivity contribution in [3.05, 3.63) is 29.8 Å². The van der Waals surface area contributed by atoms with Crippen molar-refractivity contribution in [3.63, 3.8) is 0 Å². The van der Waals surface area contributed by atoms with Crippen LogP contribution in [0.3, 0.4) is 0 Å². The topological polar surface area (TPSA) is 24.5 Å². The molecule has 1 unspecified atom stereocenters. The van der Waals surface area contributed by atoms with E-state index in [0.29, 0.717) is 6.04 Å². The summed E-state index contributed by atoms with van der Waals surface area (Å²) in [7, 11) is 1.79. The van der Waals surface area contributed by atoms with E-state index in [2.05, 4.69) is 41.4 Å². The van der Waals surface area contributed by atoms with E-state index in [1.54, 1.807) is 7.11 Å². The van der Waals surface area contributed by atoms with Gasteiger partial charge in [0.2, 0.25) is 0 Å². The van der Waals surface area contributed by atoms with Crippen LogP contribution in [0.25, 0.3) is 0 Å². The number of nitrogens with one attached hydrogen (secondary N) is 1.